The van der Waals surface area contributed by atoms with Gasteiger partial charge in [0.2, 0.25) is 0 Å². The van der Waals surface area contributed by atoms with Gasteiger partial charge in [0.05, 0.1) is 18.3 Å². The molecule has 4 aliphatic rings. The third-order valence-corrected chi connectivity index (χ3v) is 10.0. The van der Waals surface area contributed by atoms with Gasteiger partial charge >= 0.3 is 0 Å². The van der Waals surface area contributed by atoms with E-state index in [0.717, 1.165) is 47.5 Å². The summed E-state index contributed by atoms with van der Waals surface area (Å²) in [6.07, 6.45) is 11.7. The molecule has 10 nitrogen and oxygen atoms in total. The predicted molar refractivity (Wildman–Crippen MR) is 162 cm³/mol. The number of imidazole rings is 1. The van der Waals surface area contributed by atoms with Crippen molar-refractivity contribution < 1.29 is 14.3 Å². The topological polar surface area (TPSA) is 112 Å². The first kappa shape index (κ1) is 26.3. The van der Waals surface area contributed by atoms with Crippen LogP contribution in [0.2, 0.25) is 0 Å². The van der Waals surface area contributed by atoms with E-state index in [1.807, 2.05) is 29.3 Å². The van der Waals surface area contributed by atoms with Gasteiger partial charge in [-0.15, -0.1) is 6.42 Å². The van der Waals surface area contributed by atoms with Crippen molar-refractivity contribution in [2.24, 2.45) is 23.5 Å². The summed E-state index contributed by atoms with van der Waals surface area (Å²) < 4.78 is 10.5. The number of amides is 2. The molecule has 1 aromatic carbocycles. The van der Waals surface area contributed by atoms with Gasteiger partial charge in [-0.3, -0.25) is 9.59 Å². The number of hydrogen-bond donors (Lipinski definition) is 1. The van der Waals surface area contributed by atoms with Crippen molar-refractivity contribution in [3.05, 3.63) is 42.1 Å². The summed E-state index contributed by atoms with van der Waals surface area (Å²) in [5, 5.41) is 1.06. The molecule has 2 saturated heterocycles. The van der Waals surface area contributed by atoms with Gasteiger partial charge in [-0.05, 0) is 73.8 Å². The Labute approximate surface area is 249 Å². The summed E-state index contributed by atoms with van der Waals surface area (Å²) >= 11 is 0. The fraction of sp³-hybridized carbons (Fsp3) is 0.455. The number of nitrogens with two attached hydrogens (primary N) is 1. The molecule has 3 aromatic heterocycles. The quantitative estimate of drug-likeness (QED) is 0.338. The van der Waals surface area contributed by atoms with E-state index >= 15 is 0 Å². The van der Waals surface area contributed by atoms with E-state index in [9.17, 15) is 9.59 Å². The normalized spacial score (nSPS) is 23.2. The fourth-order valence-electron chi connectivity index (χ4n) is 7.55. The number of carbonyl (C=O) groups excluding carboxylic acids is 2. The lowest BCUT2D eigenvalue weighted by atomic mass is 9.99. The second-order valence-corrected chi connectivity index (χ2v) is 12.8. The molecule has 2 N–H and O–H groups in total. The maximum atomic E-state index is 13.8. The van der Waals surface area contributed by atoms with Crippen molar-refractivity contribution in [1.29, 1.82) is 0 Å². The summed E-state index contributed by atoms with van der Waals surface area (Å²) in [6, 6.07) is 10.1. The number of terminal acetylenes is 1. The summed E-state index contributed by atoms with van der Waals surface area (Å²) in [7, 11) is 1.64. The van der Waals surface area contributed by atoms with E-state index in [2.05, 4.69) is 27.2 Å². The van der Waals surface area contributed by atoms with Crippen molar-refractivity contribution in [2.45, 2.75) is 50.9 Å². The van der Waals surface area contributed by atoms with E-state index in [1.54, 1.807) is 12.0 Å². The molecule has 2 aliphatic heterocycles. The number of fused-ring (bicyclic) bond motifs is 4. The predicted octanol–water partition coefficient (Wildman–Crippen LogP) is 3.12. The molecule has 2 bridgehead atoms. The number of rotatable bonds is 7. The molecule has 4 aromatic rings. The highest BCUT2D eigenvalue weighted by Gasteiger charge is 2.47. The molecule has 0 unspecified atom stereocenters. The van der Waals surface area contributed by atoms with E-state index in [4.69, 9.17) is 26.9 Å². The minimum Gasteiger partial charge on any atom is -0.494 e. The Morgan fingerprint density at radius 1 is 1.07 bits per heavy atom. The van der Waals surface area contributed by atoms with Gasteiger partial charge in [-0.2, -0.15) is 0 Å². The second-order valence-electron chi connectivity index (χ2n) is 12.8. The van der Waals surface area contributed by atoms with Crippen LogP contribution >= 0.6 is 0 Å². The molecule has 3 atom stereocenters. The number of likely N-dealkylation sites (tertiary alicyclic amines) is 2. The van der Waals surface area contributed by atoms with Crippen LogP contribution in [0.5, 0.6) is 5.75 Å². The first-order valence-corrected chi connectivity index (χ1v) is 15.3. The summed E-state index contributed by atoms with van der Waals surface area (Å²) in [6.45, 7) is 3.39. The number of hydrogen-bond acceptors (Lipinski definition) is 6. The Kier molecular flexibility index (Phi) is 6.02. The first-order chi connectivity index (χ1) is 20.9. The van der Waals surface area contributed by atoms with Crippen LogP contribution in [0.15, 0.2) is 36.5 Å². The zero-order valence-corrected chi connectivity index (χ0v) is 24.3. The van der Waals surface area contributed by atoms with Crippen molar-refractivity contribution in [3.63, 3.8) is 0 Å². The smallest absolute Gasteiger partial charge is 0.298 e. The van der Waals surface area contributed by atoms with Gasteiger partial charge < -0.3 is 29.4 Å². The highest BCUT2D eigenvalue weighted by molar-refractivity contribution is 6.00. The molecule has 4 fully saturated rings. The van der Waals surface area contributed by atoms with Crippen molar-refractivity contribution in [2.75, 3.05) is 26.7 Å². The Morgan fingerprint density at radius 2 is 1.88 bits per heavy atom. The van der Waals surface area contributed by atoms with Gasteiger partial charge in [0.25, 0.3) is 11.8 Å². The van der Waals surface area contributed by atoms with Gasteiger partial charge in [-0.1, -0.05) is 0 Å². The average molecular weight is 578 g/mol. The van der Waals surface area contributed by atoms with Crippen LogP contribution in [0, 0.1) is 30.1 Å². The molecule has 5 heterocycles. The molecule has 2 aliphatic carbocycles. The lowest BCUT2D eigenvalue weighted by molar-refractivity contribution is -0.131. The fourth-order valence-corrected chi connectivity index (χ4v) is 7.55. The number of pyridine rings is 1. The molecule has 0 radical (unpaired) electrons. The standard InChI is InChI=1S/C33H35N7O3/c1-3-28(41)37-14-20(15-37)17-40-30-24(11-23(13-27(30)43-2)33(42)39-18-22-8-9-25(39)29(22)34)36-32(40)26-12-21-5-4-10-35-31(21)38(26)16-19-6-7-19/h1,4-5,10-13,19-20,22,25,29H,6-9,14-18,34H2,2H3/t22-,25-,29-/m1/s1. The molecular formula is C33H35N7O3. The van der Waals surface area contributed by atoms with E-state index < -0.39 is 0 Å². The maximum Gasteiger partial charge on any atom is 0.298 e. The van der Waals surface area contributed by atoms with Gasteiger partial charge in [0.1, 0.15) is 16.9 Å². The van der Waals surface area contributed by atoms with Crippen LogP contribution in [0.1, 0.15) is 36.0 Å². The number of ether oxygens (including phenoxy) is 1. The summed E-state index contributed by atoms with van der Waals surface area (Å²) in [5.74, 6) is 4.54. The Morgan fingerprint density at radius 3 is 2.58 bits per heavy atom. The summed E-state index contributed by atoms with van der Waals surface area (Å²) in [5.41, 5.74) is 10.5. The van der Waals surface area contributed by atoms with Gasteiger partial charge in [0, 0.05) is 67.9 Å². The van der Waals surface area contributed by atoms with Crippen LogP contribution < -0.4 is 10.5 Å². The van der Waals surface area contributed by atoms with Gasteiger partial charge in [-0.25, -0.2) is 9.97 Å². The molecule has 2 amide bonds. The molecule has 220 valence electrons. The molecule has 10 heteroatoms. The minimum absolute atomic E-state index is 0.0200. The molecule has 2 saturated carbocycles. The number of benzene rings is 1. The molecule has 8 rings (SSSR count). The zero-order valence-electron chi connectivity index (χ0n) is 24.3. The van der Waals surface area contributed by atoms with Crippen molar-refractivity contribution in [3.8, 4) is 29.6 Å². The zero-order chi connectivity index (χ0) is 29.4. The summed E-state index contributed by atoms with van der Waals surface area (Å²) in [4.78, 5) is 39.5. The average Bonchev–Trinajstić information content (AvgIpc) is 3.36. The monoisotopic (exact) mass is 577 g/mol. The SMILES string of the molecule is C#CC(=O)N1CC(Cn2c(-c3cc4cccnc4n3CC3CC3)nc3cc(C(=O)N4C[C@H]5CC[C@@H]4[C@@H]5N)cc(OC)c32)C1. The highest BCUT2D eigenvalue weighted by Crippen LogP contribution is 2.41. The minimum atomic E-state index is -0.279. The number of carbonyl (C=O) groups is 2. The maximum absolute atomic E-state index is 13.8. The largest absolute Gasteiger partial charge is 0.494 e. The Hall–Kier alpha value is -4.36. The van der Waals surface area contributed by atoms with Crippen LogP contribution in [-0.4, -0.2) is 79.5 Å². The third-order valence-electron chi connectivity index (χ3n) is 10.0. The Balaban J connectivity index is 1.25. The lowest BCUT2D eigenvalue weighted by Gasteiger charge is -2.38. The van der Waals surface area contributed by atoms with Crippen molar-refractivity contribution in [1.82, 2.24) is 28.9 Å². The molecule has 43 heavy (non-hydrogen) atoms. The Bertz CT molecular complexity index is 1820. The second kappa shape index (κ2) is 9.85. The van der Waals surface area contributed by atoms with Crippen LogP contribution in [0.4, 0.5) is 0 Å². The first-order valence-electron chi connectivity index (χ1n) is 15.3. The van der Waals surface area contributed by atoms with Crippen molar-refractivity contribution >= 4 is 33.9 Å². The number of piperidine rings is 1. The van der Waals surface area contributed by atoms with E-state index in [0.29, 0.717) is 54.8 Å². The highest BCUT2D eigenvalue weighted by atomic mass is 16.5. The van der Waals surface area contributed by atoms with Crippen LogP contribution in [-0.2, 0) is 17.9 Å². The number of methoxy groups -OCH3 is 1. The van der Waals surface area contributed by atoms with Gasteiger partial charge in [0.15, 0.2) is 5.82 Å². The molecule has 0 spiro atoms. The lowest BCUT2D eigenvalue weighted by Crippen LogP contribution is -2.51. The van der Waals surface area contributed by atoms with Crippen LogP contribution in [0.25, 0.3) is 33.6 Å². The van der Waals surface area contributed by atoms with E-state index in [1.165, 1.54) is 12.8 Å². The van der Waals surface area contributed by atoms with E-state index in [-0.39, 0.29) is 29.8 Å². The van der Waals surface area contributed by atoms with Crippen LogP contribution in [0.3, 0.4) is 0 Å². The third kappa shape index (κ3) is 4.20. The number of nitrogens with zero attached hydrogens (tertiary/aromatic N) is 6. The number of aromatic nitrogens is 4. The molecular weight excluding hydrogens is 542 g/mol.